The van der Waals surface area contributed by atoms with E-state index in [-0.39, 0.29) is 0 Å². The first-order valence-electron chi connectivity index (χ1n) is 3.49. The van der Waals surface area contributed by atoms with E-state index in [9.17, 15) is 17.6 Å². The highest BCUT2D eigenvalue weighted by Gasteiger charge is 2.54. The Morgan fingerprint density at radius 2 is 1.92 bits per heavy atom. The van der Waals surface area contributed by atoms with Gasteiger partial charge in [0, 0.05) is 6.42 Å². The molecule has 1 nitrogen and oxygen atoms in total. The van der Waals surface area contributed by atoms with Crippen molar-refractivity contribution >= 4 is 0 Å². The van der Waals surface area contributed by atoms with E-state index in [2.05, 4.69) is 0 Å². The normalized spacial score (nSPS) is 20.7. The van der Waals surface area contributed by atoms with Crippen molar-refractivity contribution < 1.29 is 17.6 Å². The van der Waals surface area contributed by atoms with E-state index < -0.39 is 24.2 Å². The van der Waals surface area contributed by atoms with E-state index in [0.29, 0.717) is 12.8 Å². The summed E-state index contributed by atoms with van der Waals surface area (Å²) in [4.78, 5) is 0. The fraction of sp³-hybridized carbons (Fsp3) is 0.857. The lowest BCUT2D eigenvalue weighted by molar-refractivity contribution is -0.139. The first-order valence-corrected chi connectivity index (χ1v) is 3.49. The molecule has 1 aliphatic rings. The molecule has 0 bridgehead atoms. The number of nitrogens with zero attached hydrogens (tertiary/aromatic N) is 1. The van der Waals surface area contributed by atoms with Crippen molar-refractivity contribution in [2.45, 2.75) is 31.6 Å². The van der Waals surface area contributed by atoms with Crippen LogP contribution in [-0.2, 0) is 0 Å². The zero-order chi connectivity index (χ0) is 9.41. The number of alkyl halides is 4. The third-order valence-electron chi connectivity index (χ3n) is 1.98. The molecule has 0 radical (unpaired) electrons. The highest BCUT2D eigenvalue weighted by Crippen LogP contribution is 2.52. The molecule has 0 aromatic carbocycles. The predicted octanol–water partition coefficient (Wildman–Crippen LogP) is 2.58. The van der Waals surface area contributed by atoms with Crippen LogP contribution in [0.1, 0.15) is 19.3 Å². The van der Waals surface area contributed by atoms with Gasteiger partial charge in [0.25, 0.3) is 0 Å². The molecule has 0 aromatic heterocycles. The van der Waals surface area contributed by atoms with Gasteiger partial charge in [0.05, 0.1) is 11.5 Å². The standard InChI is InChI=1S/C7H7F4N/c8-5(9)7(10,11)3-6(4-12)1-2-6/h5H,1-3H2. The molecular formula is C7H7F4N. The van der Waals surface area contributed by atoms with Crippen molar-refractivity contribution in [2.75, 3.05) is 0 Å². The van der Waals surface area contributed by atoms with Crippen LogP contribution in [0.25, 0.3) is 0 Å². The molecule has 0 heterocycles. The topological polar surface area (TPSA) is 23.8 Å². The minimum absolute atomic E-state index is 0.311. The number of hydrogen-bond donors (Lipinski definition) is 0. The first kappa shape index (κ1) is 9.30. The lowest BCUT2D eigenvalue weighted by atomic mass is 10.00. The Morgan fingerprint density at radius 3 is 2.17 bits per heavy atom. The van der Waals surface area contributed by atoms with Gasteiger partial charge in [-0.25, -0.2) is 17.6 Å². The van der Waals surface area contributed by atoms with Crippen LogP contribution in [0, 0.1) is 16.7 Å². The van der Waals surface area contributed by atoms with Gasteiger partial charge in [-0.15, -0.1) is 0 Å². The highest BCUT2D eigenvalue weighted by atomic mass is 19.3. The van der Waals surface area contributed by atoms with E-state index in [1.165, 1.54) is 0 Å². The van der Waals surface area contributed by atoms with E-state index in [1.54, 1.807) is 6.07 Å². The molecule has 0 amide bonds. The minimum Gasteiger partial charge on any atom is -0.204 e. The van der Waals surface area contributed by atoms with E-state index in [0.717, 1.165) is 0 Å². The van der Waals surface area contributed by atoms with E-state index in [4.69, 9.17) is 5.26 Å². The molecule has 0 spiro atoms. The summed E-state index contributed by atoms with van der Waals surface area (Å²) in [5, 5.41) is 8.37. The second-order valence-electron chi connectivity index (χ2n) is 3.13. The molecule has 0 N–H and O–H groups in total. The summed E-state index contributed by atoms with van der Waals surface area (Å²) < 4.78 is 48.0. The van der Waals surface area contributed by atoms with Gasteiger partial charge in [0.1, 0.15) is 0 Å². The fourth-order valence-corrected chi connectivity index (χ4v) is 1.01. The van der Waals surface area contributed by atoms with Crippen LogP contribution >= 0.6 is 0 Å². The fourth-order valence-electron chi connectivity index (χ4n) is 1.01. The first-order chi connectivity index (χ1) is 5.42. The summed E-state index contributed by atoms with van der Waals surface area (Å²) in [7, 11) is 0. The summed E-state index contributed by atoms with van der Waals surface area (Å²) in [5.41, 5.74) is -1.17. The van der Waals surface area contributed by atoms with Gasteiger partial charge >= 0.3 is 12.3 Å². The van der Waals surface area contributed by atoms with E-state index >= 15 is 0 Å². The minimum atomic E-state index is -4.01. The summed E-state index contributed by atoms with van der Waals surface area (Å²) in [6.07, 6.45) is -4.05. The van der Waals surface area contributed by atoms with Crippen LogP contribution < -0.4 is 0 Å². The molecule has 0 aliphatic heterocycles. The maximum Gasteiger partial charge on any atom is 0.309 e. The van der Waals surface area contributed by atoms with Crippen molar-refractivity contribution in [2.24, 2.45) is 5.41 Å². The van der Waals surface area contributed by atoms with Crippen LogP contribution in [0.2, 0.25) is 0 Å². The molecule has 1 rings (SSSR count). The molecule has 0 saturated heterocycles. The summed E-state index contributed by atoms with van der Waals surface area (Å²) in [5.74, 6) is -4.01. The van der Waals surface area contributed by atoms with Crippen molar-refractivity contribution in [1.82, 2.24) is 0 Å². The van der Waals surface area contributed by atoms with Crippen molar-refractivity contribution in [3.63, 3.8) is 0 Å². The smallest absolute Gasteiger partial charge is 0.204 e. The molecule has 0 atom stereocenters. The Labute approximate surface area is 67.0 Å². The predicted molar refractivity (Wildman–Crippen MR) is 32.8 cm³/mol. The van der Waals surface area contributed by atoms with Crippen LogP contribution in [-0.4, -0.2) is 12.3 Å². The zero-order valence-corrected chi connectivity index (χ0v) is 6.16. The third-order valence-corrected chi connectivity index (χ3v) is 1.98. The zero-order valence-electron chi connectivity index (χ0n) is 6.16. The maximum atomic E-state index is 12.4. The van der Waals surface area contributed by atoms with Crippen molar-refractivity contribution in [3.05, 3.63) is 0 Å². The van der Waals surface area contributed by atoms with Gasteiger partial charge in [-0.05, 0) is 12.8 Å². The Morgan fingerprint density at radius 1 is 1.42 bits per heavy atom. The Bertz CT molecular complexity index is 214. The van der Waals surface area contributed by atoms with Gasteiger partial charge < -0.3 is 0 Å². The Kier molecular flexibility index (Phi) is 2.02. The maximum absolute atomic E-state index is 12.4. The largest absolute Gasteiger partial charge is 0.309 e. The highest BCUT2D eigenvalue weighted by molar-refractivity contribution is 5.11. The quantitative estimate of drug-likeness (QED) is 0.614. The molecule has 68 valence electrons. The third kappa shape index (κ3) is 1.68. The Balaban J connectivity index is 2.57. The lowest BCUT2D eigenvalue weighted by Crippen LogP contribution is -2.29. The van der Waals surface area contributed by atoms with Crippen LogP contribution in [0.3, 0.4) is 0 Å². The van der Waals surface area contributed by atoms with Crippen molar-refractivity contribution in [1.29, 1.82) is 5.26 Å². The lowest BCUT2D eigenvalue weighted by Gasteiger charge is -2.17. The number of halogens is 4. The van der Waals surface area contributed by atoms with Gasteiger partial charge in [-0.1, -0.05) is 0 Å². The molecule has 0 aromatic rings. The molecule has 1 saturated carbocycles. The average molecular weight is 181 g/mol. The monoisotopic (exact) mass is 181 g/mol. The van der Waals surface area contributed by atoms with Gasteiger partial charge in [-0.3, -0.25) is 0 Å². The summed E-state index contributed by atoms with van der Waals surface area (Å²) >= 11 is 0. The Hall–Kier alpha value is -0.790. The molecule has 12 heavy (non-hydrogen) atoms. The molecule has 1 fully saturated rings. The molecule has 1 aliphatic carbocycles. The molecular weight excluding hydrogens is 174 g/mol. The van der Waals surface area contributed by atoms with Crippen LogP contribution in [0.15, 0.2) is 0 Å². The number of nitriles is 1. The second-order valence-corrected chi connectivity index (χ2v) is 3.13. The van der Waals surface area contributed by atoms with Gasteiger partial charge in [0.2, 0.25) is 0 Å². The van der Waals surface area contributed by atoms with Gasteiger partial charge in [0.15, 0.2) is 0 Å². The van der Waals surface area contributed by atoms with Crippen LogP contribution in [0.4, 0.5) is 17.6 Å². The van der Waals surface area contributed by atoms with Gasteiger partial charge in [-0.2, -0.15) is 5.26 Å². The summed E-state index contributed by atoms with van der Waals surface area (Å²) in [6.45, 7) is 0. The SMILES string of the molecule is N#CC1(CC(F)(F)C(F)F)CC1. The molecule has 5 heteroatoms. The second kappa shape index (κ2) is 2.61. The average Bonchev–Trinajstić information content (AvgIpc) is 2.68. The van der Waals surface area contributed by atoms with E-state index in [1.807, 2.05) is 0 Å². The number of hydrogen-bond acceptors (Lipinski definition) is 1. The molecule has 0 unspecified atom stereocenters. The summed E-state index contributed by atoms with van der Waals surface area (Å²) in [6, 6.07) is 1.65. The van der Waals surface area contributed by atoms with Crippen molar-refractivity contribution in [3.8, 4) is 6.07 Å². The van der Waals surface area contributed by atoms with Crippen LogP contribution in [0.5, 0.6) is 0 Å². The number of rotatable bonds is 3.